The summed E-state index contributed by atoms with van der Waals surface area (Å²) in [4.78, 5) is 11.8. The zero-order valence-electron chi connectivity index (χ0n) is 17.2. The molecule has 28 heavy (non-hydrogen) atoms. The zero-order valence-corrected chi connectivity index (χ0v) is 17.2. The molecular formula is C22H34N4O2. The highest BCUT2D eigenvalue weighted by Crippen LogP contribution is 2.38. The van der Waals surface area contributed by atoms with E-state index in [-0.39, 0.29) is 0 Å². The Balaban J connectivity index is 1.34. The van der Waals surface area contributed by atoms with Crippen molar-refractivity contribution in [3.8, 4) is 5.88 Å². The Morgan fingerprint density at radius 3 is 2.93 bits per heavy atom. The van der Waals surface area contributed by atoms with Crippen molar-refractivity contribution in [1.29, 1.82) is 0 Å². The van der Waals surface area contributed by atoms with Crippen LogP contribution < -0.4 is 10.1 Å². The van der Waals surface area contributed by atoms with Gasteiger partial charge in [-0.2, -0.15) is 0 Å². The van der Waals surface area contributed by atoms with Crippen LogP contribution in [0.4, 0.5) is 0 Å². The van der Waals surface area contributed by atoms with Gasteiger partial charge in [-0.05, 0) is 51.0 Å². The molecule has 0 radical (unpaired) electrons. The minimum atomic E-state index is 0.340. The number of hydrogen-bond donors (Lipinski definition) is 1. The summed E-state index contributed by atoms with van der Waals surface area (Å²) >= 11 is 0. The Bertz CT molecular complexity index is 649. The van der Waals surface area contributed by atoms with Gasteiger partial charge in [-0.1, -0.05) is 12.5 Å². The van der Waals surface area contributed by atoms with E-state index in [0.29, 0.717) is 18.1 Å². The van der Waals surface area contributed by atoms with Crippen LogP contribution in [0, 0.1) is 5.41 Å². The predicted octanol–water partition coefficient (Wildman–Crippen LogP) is 3.37. The Morgan fingerprint density at radius 2 is 2.21 bits per heavy atom. The number of nitrogens with zero attached hydrogens (tertiary/aromatic N) is 3. The van der Waals surface area contributed by atoms with E-state index in [1.54, 1.807) is 0 Å². The van der Waals surface area contributed by atoms with Crippen LogP contribution in [0.15, 0.2) is 23.3 Å². The van der Waals surface area contributed by atoms with Crippen molar-refractivity contribution >= 4 is 5.96 Å². The molecular weight excluding hydrogens is 352 g/mol. The second-order valence-electron chi connectivity index (χ2n) is 8.53. The van der Waals surface area contributed by atoms with Gasteiger partial charge in [0.1, 0.15) is 6.10 Å². The molecule has 4 rings (SSSR count). The number of aromatic nitrogens is 1. The van der Waals surface area contributed by atoms with Gasteiger partial charge in [0.25, 0.3) is 0 Å². The highest BCUT2D eigenvalue weighted by Gasteiger charge is 2.42. The van der Waals surface area contributed by atoms with Gasteiger partial charge in [-0.15, -0.1) is 0 Å². The lowest BCUT2D eigenvalue weighted by Crippen LogP contribution is -2.41. The monoisotopic (exact) mass is 386 g/mol. The number of rotatable bonds is 5. The third kappa shape index (κ3) is 4.77. The van der Waals surface area contributed by atoms with E-state index < -0.39 is 0 Å². The largest absolute Gasteiger partial charge is 0.474 e. The number of likely N-dealkylation sites (tertiary alicyclic amines) is 1. The normalized spacial score (nSPS) is 26.2. The fraction of sp³-hybridized carbons (Fsp3) is 0.727. The van der Waals surface area contributed by atoms with E-state index in [0.717, 1.165) is 63.1 Å². The Labute approximate surface area is 168 Å². The van der Waals surface area contributed by atoms with Crippen molar-refractivity contribution in [2.24, 2.45) is 10.4 Å². The molecule has 1 aliphatic carbocycles. The molecule has 3 aliphatic rings. The lowest BCUT2D eigenvalue weighted by molar-refractivity contribution is 0.148. The number of aliphatic imine (C=N–C) groups is 1. The summed E-state index contributed by atoms with van der Waals surface area (Å²) in [6.07, 6.45) is 10.8. The maximum atomic E-state index is 6.03. The van der Waals surface area contributed by atoms with Crippen molar-refractivity contribution in [2.45, 2.75) is 64.5 Å². The molecule has 0 amide bonds. The Morgan fingerprint density at radius 1 is 1.32 bits per heavy atom. The smallest absolute Gasteiger partial charge is 0.213 e. The second kappa shape index (κ2) is 9.12. The van der Waals surface area contributed by atoms with Gasteiger partial charge in [-0.25, -0.2) is 9.98 Å². The quantitative estimate of drug-likeness (QED) is 0.621. The zero-order chi connectivity index (χ0) is 19.2. The molecule has 6 nitrogen and oxygen atoms in total. The first-order valence-corrected chi connectivity index (χ1v) is 11.0. The molecule has 6 heteroatoms. The molecule has 1 atom stereocenters. The average molecular weight is 387 g/mol. The number of guanidine groups is 1. The van der Waals surface area contributed by atoms with Crippen LogP contribution in [0.25, 0.3) is 0 Å². The Kier molecular flexibility index (Phi) is 6.35. The topological polar surface area (TPSA) is 59.0 Å². The van der Waals surface area contributed by atoms with Crippen LogP contribution in [0.5, 0.6) is 5.88 Å². The van der Waals surface area contributed by atoms with Crippen LogP contribution in [-0.4, -0.2) is 54.8 Å². The predicted molar refractivity (Wildman–Crippen MR) is 111 cm³/mol. The minimum Gasteiger partial charge on any atom is -0.474 e. The average Bonchev–Trinajstić information content (AvgIpc) is 3.37. The van der Waals surface area contributed by atoms with E-state index >= 15 is 0 Å². The summed E-state index contributed by atoms with van der Waals surface area (Å²) in [7, 11) is 0. The van der Waals surface area contributed by atoms with Crippen LogP contribution in [0.3, 0.4) is 0 Å². The third-order valence-corrected chi connectivity index (χ3v) is 6.31. The summed E-state index contributed by atoms with van der Waals surface area (Å²) in [5.41, 5.74) is 1.46. The first kappa shape index (κ1) is 19.5. The van der Waals surface area contributed by atoms with Gasteiger partial charge in [0, 0.05) is 43.9 Å². The molecule has 1 saturated carbocycles. The third-order valence-electron chi connectivity index (χ3n) is 6.31. The molecule has 2 saturated heterocycles. The lowest BCUT2D eigenvalue weighted by Gasteiger charge is -2.25. The van der Waals surface area contributed by atoms with Gasteiger partial charge in [0.2, 0.25) is 5.88 Å². The number of ether oxygens (including phenoxy) is 2. The fourth-order valence-electron chi connectivity index (χ4n) is 4.61. The van der Waals surface area contributed by atoms with Crippen molar-refractivity contribution in [3.63, 3.8) is 0 Å². The number of pyridine rings is 1. The Hall–Kier alpha value is -1.82. The van der Waals surface area contributed by atoms with Crippen LogP contribution in [-0.2, 0) is 11.3 Å². The molecule has 1 aromatic rings. The van der Waals surface area contributed by atoms with E-state index in [1.165, 1.54) is 32.1 Å². The van der Waals surface area contributed by atoms with Crippen LogP contribution >= 0.6 is 0 Å². The highest BCUT2D eigenvalue weighted by molar-refractivity contribution is 5.80. The molecule has 3 heterocycles. The maximum absolute atomic E-state index is 6.03. The molecule has 1 unspecified atom stereocenters. The molecule has 154 valence electrons. The van der Waals surface area contributed by atoms with Crippen molar-refractivity contribution in [3.05, 3.63) is 23.9 Å². The molecule has 0 aromatic carbocycles. The first-order chi connectivity index (χ1) is 13.8. The summed E-state index contributed by atoms with van der Waals surface area (Å²) in [6, 6.07) is 4.08. The van der Waals surface area contributed by atoms with Gasteiger partial charge in [0.15, 0.2) is 5.96 Å². The van der Waals surface area contributed by atoms with E-state index in [4.69, 9.17) is 14.5 Å². The molecule has 1 aromatic heterocycles. The van der Waals surface area contributed by atoms with Crippen molar-refractivity contribution in [2.75, 3.05) is 32.8 Å². The highest BCUT2D eigenvalue weighted by atomic mass is 16.5. The summed E-state index contributed by atoms with van der Waals surface area (Å²) in [5.74, 6) is 1.75. The van der Waals surface area contributed by atoms with Gasteiger partial charge >= 0.3 is 0 Å². The van der Waals surface area contributed by atoms with Crippen molar-refractivity contribution < 1.29 is 9.47 Å². The second-order valence-corrected chi connectivity index (χ2v) is 8.53. The lowest BCUT2D eigenvalue weighted by atomic mass is 9.87. The van der Waals surface area contributed by atoms with E-state index in [1.807, 2.05) is 12.3 Å². The van der Waals surface area contributed by atoms with Crippen molar-refractivity contribution in [1.82, 2.24) is 15.2 Å². The standard InChI is InChI=1S/C22H34N4O2/c1-2-23-21(26-12-10-22(16-26)11-13-27-17-22)25-15-18-8-9-20(24-14-18)28-19-6-4-3-5-7-19/h8-9,14,19H,2-7,10-13,15-17H2,1H3,(H,23,25). The van der Waals surface area contributed by atoms with E-state index in [9.17, 15) is 0 Å². The van der Waals surface area contributed by atoms with Gasteiger partial charge in [-0.3, -0.25) is 0 Å². The van der Waals surface area contributed by atoms with E-state index in [2.05, 4.69) is 28.2 Å². The summed E-state index contributed by atoms with van der Waals surface area (Å²) in [6.45, 7) is 7.55. The summed E-state index contributed by atoms with van der Waals surface area (Å²) in [5, 5.41) is 3.46. The summed E-state index contributed by atoms with van der Waals surface area (Å²) < 4.78 is 11.7. The molecule has 1 spiro atoms. The number of nitrogens with one attached hydrogen (secondary N) is 1. The molecule has 2 aliphatic heterocycles. The van der Waals surface area contributed by atoms with Crippen LogP contribution in [0.2, 0.25) is 0 Å². The fourth-order valence-corrected chi connectivity index (χ4v) is 4.61. The number of hydrogen-bond acceptors (Lipinski definition) is 4. The molecule has 1 N–H and O–H groups in total. The molecule has 0 bridgehead atoms. The van der Waals surface area contributed by atoms with Gasteiger partial charge < -0.3 is 19.7 Å². The van der Waals surface area contributed by atoms with Gasteiger partial charge in [0.05, 0.1) is 13.2 Å². The first-order valence-electron chi connectivity index (χ1n) is 11.0. The maximum Gasteiger partial charge on any atom is 0.213 e. The SMILES string of the molecule is CCNC(=NCc1ccc(OC2CCCCC2)nc1)N1CCC2(CCOC2)C1. The minimum absolute atomic E-state index is 0.340. The van der Waals surface area contributed by atoms with Crippen LogP contribution in [0.1, 0.15) is 57.4 Å². The molecule has 3 fully saturated rings.